The predicted octanol–water partition coefficient (Wildman–Crippen LogP) is 3.49. The second kappa shape index (κ2) is 6.20. The van der Waals surface area contributed by atoms with Gasteiger partial charge in [0, 0.05) is 13.5 Å². The average Bonchev–Trinajstić information content (AvgIpc) is 2.70. The third-order valence-corrected chi connectivity index (χ3v) is 4.76. The summed E-state index contributed by atoms with van der Waals surface area (Å²) in [5.74, 6) is -0.245. The molecule has 1 aromatic heterocycles. The summed E-state index contributed by atoms with van der Waals surface area (Å²) in [7, 11) is 1.57. The number of pyridine rings is 1. The van der Waals surface area contributed by atoms with Crippen molar-refractivity contribution in [2.45, 2.75) is 18.9 Å². The van der Waals surface area contributed by atoms with E-state index in [0.717, 1.165) is 10.5 Å². The van der Waals surface area contributed by atoms with Crippen molar-refractivity contribution in [1.29, 1.82) is 0 Å². The number of phenolic OH excluding ortho intramolecular Hbond substituents is 1. The van der Waals surface area contributed by atoms with E-state index in [4.69, 9.17) is 23.2 Å². The molecule has 1 aliphatic rings. The van der Waals surface area contributed by atoms with E-state index in [-0.39, 0.29) is 27.7 Å². The highest BCUT2D eigenvalue weighted by molar-refractivity contribution is 6.33. The quantitative estimate of drug-likeness (QED) is 0.654. The average molecular weight is 380 g/mol. The van der Waals surface area contributed by atoms with Crippen LogP contribution in [0.2, 0.25) is 10.3 Å². The summed E-state index contributed by atoms with van der Waals surface area (Å²) < 4.78 is 0. The van der Waals surface area contributed by atoms with Gasteiger partial charge in [-0.3, -0.25) is 4.79 Å². The number of likely N-dealkylation sites (N-methyl/N-ethyl adjacent to an activating group) is 1. The highest BCUT2D eigenvalue weighted by Gasteiger charge is 2.53. The Kier molecular flexibility index (Phi) is 4.34. The fraction of sp³-hybridized carbons (Fsp3) is 0.235. The number of aromatic hydroxyl groups is 1. The number of rotatable bonds is 3. The molecule has 2 aromatic rings. The van der Waals surface area contributed by atoms with Crippen LogP contribution < -0.4 is 4.90 Å². The van der Waals surface area contributed by atoms with Crippen molar-refractivity contribution in [2.24, 2.45) is 0 Å². The Morgan fingerprint density at radius 3 is 2.24 bits per heavy atom. The van der Waals surface area contributed by atoms with E-state index in [0.29, 0.717) is 6.42 Å². The highest BCUT2D eigenvalue weighted by atomic mass is 35.5. The Bertz CT molecular complexity index is 836. The fourth-order valence-electron chi connectivity index (χ4n) is 2.85. The monoisotopic (exact) mass is 379 g/mol. The molecule has 1 aliphatic heterocycles. The maximum atomic E-state index is 13.0. The minimum Gasteiger partial charge on any atom is -0.508 e. The summed E-state index contributed by atoms with van der Waals surface area (Å²) in [5, 5.41) is 9.59. The van der Waals surface area contributed by atoms with Crippen molar-refractivity contribution in [3.05, 3.63) is 52.3 Å². The number of aromatic nitrogens is 1. The van der Waals surface area contributed by atoms with Gasteiger partial charge in [0.1, 0.15) is 21.6 Å². The molecule has 130 valence electrons. The van der Waals surface area contributed by atoms with Crippen molar-refractivity contribution >= 4 is 40.8 Å². The standard InChI is InChI=1S/C17H15Cl2N3O3/c1-17(9-10-3-5-12(23)6-4-10)15(24)22(16(25)21(17)2)11-7-13(18)20-14(19)8-11/h3-8,23H,9H2,1-2H3. The lowest BCUT2D eigenvalue weighted by Gasteiger charge is -2.28. The van der Waals surface area contributed by atoms with Crippen molar-refractivity contribution in [3.63, 3.8) is 0 Å². The summed E-state index contributed by atoms with van der Waals surface area (Å²) in [5.41, 5.74) is 0.0261. The van der Waals surface area contributed by atoms with Gasteiger partial charge in [-0.05, 0) is 36.8 Å². The number of hydrogen-bond acceptors (Lipinski definition) is 4. The molecule has 1 atom stereocenters. The first-order valence-corrected chi connectivity index (χ1v) is 8.21. The molecule has 3 amide bonds. The maximum Gasteiger partial charge on any atom is 0.332 e. The number of anilines is 1. The first-order valence-electron chi connectivity index (χ1n) is 7.46. The Labute approximate surface area is 154 Å². The van der Waals surface area contributed by atoms with Crippen LogP contribution in [0, 0.1) is 0 Å². The number of benzene rings is 1. The van der Waals surface area contributed by atoms with Crippen molar-refractivity contribution in [3.8, 4) is 5.75 Å². The SMILES string of the molecule is CN1C(=O)N(c2cc(Cl)nc(Cl)c2)C(=O)C1(C)Cc1ccc(O)cc1. The van der Waals surface area contributed by atoms with Gasteiger partial charge in [0.15, 0.2) is 0 Å². The molecular formula is C17H15Cl2N3O3. The van der Waals surface area contributed by atoms with E-state index in [1.165, 1.54) is 17.0 Å². The van der Waals surface area contributed by atoms with Crippen LogP contribution in [0.15, 0.2) is 36.4 Å². The summed E-state index contributed by atoms with van der Waals surface area (Å²) in [6, 6.07) is 8.89. The normalized spacial score (nSPS) is 20.5. The summed E-state index contributed by atoms with van der Waals surface area (Å²) in [6.07, 6.45) is 0.303. The highest BCUT2D eigenvalue weighted by Crippen LogP contribution is 2.35. The molecule has 25 heavy (non-hydrogen) atoms. The van der Waals surface area contributed by atoms with Crippen LogP contribution in [0.4, 0.5) is 10.5 Å². The van der Waals surface area contributed by atoms with Gasteiger partial charge in [-0.15, -0.1) is 0 Å². The van der Waals surface area contributed by atoms with Gasteiger partial charge in [-0.25, -0.2) is 14.7 Å². The second-order valence-corrected chi connectivity index (χ2v) is 6.84. The maximum absolute atomic E-state index is 13.0. The molecule has 1 saturated heterocycles. The Hall–Kier alpha value is -2.31. The molecule has 0 radical (unpaired) electrons. The van der Waals surface area contributed by atoms with Crippen molar-refractivity contribution < 1.29 is 14.7 Å². The first kappa shape index (κ1) is 17.5. The Morgan fingerprint density at radius 2 is 1.68 bits per heavy atom. The molecule has 0 saturated carbocycles. The molecule has 6 nitrogen and oxygen atoms in total. The van der Waals surface area contributed by atoms with Crippen LogP contribution >= 0.6 is 23.2 Å². The van der Waals surface area contributed by atoms with Crippen LogP contribution in [0.25, 0.3) is 0 Å². The first-order chi connectivity index (χ1) is 11.7. The predicted molar refractivity (Wildman–Crippen MR) is 95.1 cm³/mol. The van der Waals surface area contributed by atoms with E-state index in [1.54, 1.807) is 38.2 Å². The van der Waals surface area contributed by atoms with E-state index in [1.807, 2.05) is 0 Å². The summed E-state index contributed by atoms with van der Waals surface area (Å²) in [6.45, 7) is 1.70. The number of phenols is 1. The smallest absolute Gasteiger partial charge is 0.332 e. The molecule has 0 bridgehead atoms. The number of amides is 3. The lowest BCUT2D eigenvalue weighted by Crippen LogP contribution is -2.47. The third-order valence-electron chi connectivity index (χ3n) is 4.37. The number of carbonyl (C=O) groups excluding carboxylic acids is 2. The van der Waals surface area contributed by atoms with E-state index >= 15 is 0 Å². The van der Waals surface area contributed by atoms with Crippen molar-refractivity contribution in [1.82, 2.24) is 9.88 Å². The van der Waals surface area contributed by atoms with Gasteiger partial charge < -0.3 is 10.0 Å². The molecule has 2 heterocycles. The molecule has 0 aliphatic carbocycles. The Morgan fingerprint density at radius 1 is 1.12 bits per heavy atom. The van der Waals surface area contributed by atoms with Crippen LogP contribution in [-0.2, 0) is 11.2 Å². The van der Waals surface area contributed by atoms with E-state index in [9.17, 15) is 14.7 Å². The minimum absolute atomic E-state index is 0.0953. The largest absolute Gasteiger partial charge is 0.508 e. The van der Waals surface area contributed by atoms with E-state index in [2.05, 4.69) is 4.98 Å². The lowest BCUT2D eigenvalue weighted by atomic mass is 9.91. The molecule has 1 N–H and O–H groups in total. The molecule has 1 aromatic carbocycles. The minimum atomic E-state index is -1.07. The van der Waals surface area contributed by atoms with Crippen LogP contribution in [0.3, 0.4) is 0 Å². The molecule has 3 rings (SSSR count). The van der Waals surface area contributed by atoms with Gasteiger partial charge in [-0.2, -0.15) is 0 Å². The number of imide groups is 1. The van der Waals surface area contributed by atoms with Crippen molar-refractivity contribution in [2.75, 3.05) is 11.9 Å². The molecule has 1 fully saturated rings. The second-order valence-electron chi connectivity index (χ2n) is 6.07. The van der Waals surface area contributed by atoms with Gasteiger partial charge in [0.25, 0.3) is 5.91 Å². The zero-order chi connectivity index (χ0) is 18.4. The number of hydrogen-bond donors (Lipinski definition) is 1. The number of carbonyl (C=O) groups is 2. The summed E-state index contributed by atoms with van der Waals surface area (Å²) in [4.78, 5) is 32.0. The fourth-order valence-corrected chi connectivity index (χ4v) is 3.30. The van der Waals surface area contributed by atoms with Gasteiger partial charge in [0.05, 0.1) is 5.69 Å². The molecule has 8 heteroatoms. The zero-order valence-corrected chi connectivity index (χ0v) is 15.0. The van der Waals surface area contributed by atoms with Gasteiger partial charge in [-0.1, -0.05) is 35.3 Å². The van der Waals surface area contributed by atoms with Gasteiger partial charge in [0.2, 0.25) is 0 Å². The van der Waals surface area contributed by atoms with Crippen LogP contribution in [0.5, 0.6) is 5.75 Å². The molecule has 1 unspecified atom stereocenters. The van der Waals surface area contributed by atoms with Gasteiger partial charge >= 0.3 is 6.03 Å². The number of nitrogens with zero attached hydrogens (tertiary/aromatic N) is 3. The lowest BCUT2D eigenvalue weighted by molar-refractivity contribution is -0.123. The zero-order valence-electron chi connectivity index (χ0n) is 13.5. The molecular weight excluding hydrogens is 365 g/mol. The van der Waals surface area contributed by atoms with Crippen LogP contribution in [-0.4, -0.2) is 39.5 Å². The summed E-state index contributed by atoms with van der Waals surface area (Å²) >= 11 is 11.8. The third kappa shape index (κ3) is 3.03. The number of urea groups is 1. The molecule has 0 spiro atoms. The van der Waals surface area contributed by atoms with Crippen LogP contribution in [0.1, 0.15) is 12.5 Å². The van der Waals surface area contributed by atoms with E-state index < -0.39 is 11.6 Å². The number of halogens is 2. The topological polar surface area (TPSA) is 73.7 Å². The Balaban J connectivity index is 1.98.